The average molecular weight is 486 g/mol. The third-order valence-electron chi connectivity index (χ3n) is 4.99. The highest BCUT2D eigenvalue weighted by molar-refractivity contribution is 9.10. The zero-order chi connectivity index (χ0) is 22.4. The fraction of sp³-hybridized carbons (Fsp3) is 0.200. The number of nitrogens with zero attached hydrogens (tertiary/aromatic N) is 1. The Balaban J connectivity index is 1.97. The summed E-state index contributed by atoms with van der Waals surface area (Å²) >= 11 is 3.53. The summed E-state index contributed by atoms with van der Waals surface area (Å²) in [7, 11) is 4.78. The van der Waals surface area contributed by atoms with Crippen LogP contribution in [0.1, 0.15) is 16.7 Å². The Morgan fingerprint density at radius 3 is 1.77 bits per heavy atom. The van der Waals surface area contributed by atoms with E-state index in [0.29, 0.717) is 34.6 Å². The molecule has 0 aliphatic carbocycles. The molecule has 0 saturated heterocycles. The number of methoxy groups -OCH3 is 3. The largest absolute Gasteiger partial charge is 0.497 e. The Kier molecular flexibility index (Phi) is 7.58. The van der Waals surface area contributed by atoms with Gasteiger partial charge in [0, 0.05) is 23.1 Å². The smallest absolute Gasteiger partial charge is 0.147 e. The van der Waals surface area contributed by atoms with Crippen LogP contribution >= 0.6 is 15.9 Å². The van der Waals surface area contributed by atoms with E-state index in [-0.39, 0.29) is 5.82 Å². The number of halogens is 2. The summed E-state index contributed by atoms with van der Waals surface area (Å²) in [6, 6.07) is 18.7. The molecule has 0 N–H and O–H groups in total. The van der Waals surface area contributed by atoms with Crippen LogP contribution in [0.4, 0.5) is 10.1 Å². The van der Waals surface area contributed by atoms with Crippen molar-refractivity contribution in [1.82, 2.24) is 0 Å². The van der Waals surface area contributed by atoms with Gasteiger partial charge in [-0.1, -0.05) is 30.8 Å². The van der Waals surface area contributed by atoms with E-state index < -0.39 is 0 Å². The molecular weight excluding hydrogens is 461 g/mol. The summed E-state index contributed by atoms with van der Waals surface area (Å²) in [4.78, 5) is 1.99. The molecule has 31 heavy (non-hydrogen) atoms. The monoisotopic (exact) mass is 485 g/mol. The Morgan fingerprint density at radius 1 is 0.871 bits per heavy atom. The van der Waals surface area contributed by atoms with E-state index in [4.69, 9.17) is 14.2 Å². The van der Waals surface area contributed by atoms with Crippen LogP contribution in [-0.4, -0.2) is 21.3 Å². The van der Waals surface area contributed by atoms with Gasteiger partial charge in [-0.2, -0.15) is 0 Å². The van der Waals surface area contributed by atoms with Crippen molar-refractivity contribution in [3.8, 4) is 11.5 Å². The van der Waals surface area contributed by atoms with Crippen LogP contribution < -0.4 is 14.4 Å². The quantitative estimate of drug-likeness (QED) is 0.326. The molecule has 162 valence electrons. The van der Waals surface area contributed by atoms with Crippen molar-refractivity contribution in [2.45, 2.75) is 13.1 Å². The van der Waals surface area contributed by atoms with Gasteiger partial charge in [-0.3, -0.25) is 0 Å². The number of anilines is 1. The van der Waals surface area contributed by atoms with Gasteiger partial charge in [-0.15, -0.1) is 0 Å². The first-order chi connectivity index (χ1) is 14.9. The fourth-order valence-electron chi connectivity index (χ4n) is 3.23. The van der Waals surface area contributed by atoms with E-state index in [2.05, 4.69) is 22.5 Å². The molecule has 0 aliphatic heterocycles. The zero-order valence-electron chi connectivity index (χ0n) is 17.8. The number of rotatable bonds is 9. The third-order valence-corrected chi connectivity index (χ3v) is 5.65. The lowest BCUT2D eigenvalue weighted by Crippen LogP contribution is -2.23. The molecule has 3 rings (SSSR count). The molecule has 0 atom stereocenters. The lowest BCUT2D eigenvalue weighted by Gasteiger charge is -2.27. The van der Waals surface area contributed by atoms with E-state index in [1.165, 1.54) is 13.2 Å². The summed E-state index contributed by atoms with van der Waals surface area (Å²) in [5.74, 6) is 1.61. The van der Waals surface area contributed by atoms with E-state index in [1.807, 2.05) is 53.4 Å². The molecule has 3 aromatic carbocycles. The lowest BCUT2D eigenvalue weighted by atomic mass is 10.1. The maximum absolute atomic E-state index is 15.2. The van der Waals surface area contributed by atoms with Crippen LogP contribution in [-0.2, 0) is 17.8 Å². The van der Waals surface area contributed by atoms with Gasteiger partial charge < -0.3 is 19.1 Å². The highest BCUT2D eigenvalue weighted by atomic mass is 79.9. The molecule has 0 heterocycles. The molecule has 0 saturated carbocycles. The van der Waals surface area contributed by atoms with Gasteiger partial charge in [0.1, 0.15) is 23.1 Å². The molecule has 0 aromatic heterocycles. The van der Waals surface area contributed by atoms with E-state index in [9.17, 15) is 0 Å². The fourth-order valence-corrected chi connectivity index (χ4v) is 3.78. The number of ether oxygens (including phenoxy) is 3. The van der Waals surface area contributed by atoms with Crippen molar-refractivity contribution >= 4 is 27.4 Å². The molecule has 0 fully saturated rings. The highest BCUT2D eigenvalue weighted by Gasteiger charge is 2.17. The lowest BCUT2D eigenvalue weighted by molar-refractivity contribution is 0.371. The second-order valence-corrected chi connectivity index (χ2v) is 7.82. The second-order valence-electron chi connectivity index (χ2n) is 6.96. The second kappa shape index (κ2) is 10.4. The van der Waals surface area contributed by atoms with E-state index in [0.717, 1.165) is 22.6 Å². The summed E-state index contributed by atoms with van der Waals surface area (Å²) in [6.07, 6.45) is 0. The minimum Gasteiger partial charge on any atom is -0.497 e. The highest BCUT2D eigenvalue weighted by Crippen LogP contribution is 2.33. The van der Waals surface area contributed by atoms with Gasteiger partial charge >= 0.3 is 0 Å². The maximum Gasteiger partial charge on any atom is 0.147 e. The van der Waals surface area contributed by atoms with Crippen LogP contribution in [0.5, 0.6) is 11.5 Å². The Bertz CT molecular complexity index is 986. The predicted molar refractivity (Wildman–Crippen MR) is 126 cm³/mol. The molecule has 0 bridgehead atoms. The average Bonchev–Trinajstić information content (AvgIpc) is 2.80. The first-order valence-corrected chi connectivity index (χ1v) is 10.5. The van der Waals surface area contributed by atoms with Crippen LogP contribution in [0.3, 0.4) is 0 Å². The van der Waals surface area contributed by atoms with Gasteiger partial charge in [0.25, 0.3) is 0 Å². The van der Waals surface area contributed by atoms with Crippen molar-refractivity contribution in [3.63, 3.8) is 0 Å². The molecule has 0 radical (unpaired) electrons. The van der Waals surface area contributed by atoms with E-state index >= 15 is 4.39 Å². The minimum atomic E-state index is -0.349. The van der Waals surface area contributed by atoms with Crippen molar-refractivity contribution in [2.24, 2.45) is 0 Å². The van der Waals surface area contributed by atoms with Crippen LogP contribution in [0.25, 0.3) is 5.76 Å². The molecule has 0 aliphatic rings. The minimum absolute atomic E-state index is 0.349. The summed E-state index contributed by atoms with van der Waals surface area (Å²) in [5, 5.41) is 0. The third kappa shape index (κ3) is 5.58. The van der Waals surface area contributed by atoms with E-state index in [1.54, 1.807) is 20.3 Å². The number of hydrogen-bond donors (Lipinski definition) is 0. The molecular formula is C25H25BrFNO3. The van der Waals surface area contributed by atoms with Crippen molar-refractivity contribution < 1.29 is 18.6 Å². The normalized spacial score (nSPS) is 10.5. The summed E-state index contributed by atoms with van der Waals surface area (Å²) in [6.45, 7) is 4.87. The zero-order valence-corrected chi connectivity index (χ0v) is 19.4. The maximum atomic E-state index is 15.2. The van der Waals surface area contributed by atoms with Crippen molar-refractivity contribution in [1.29, 1.82) is 0 Å². The Labute approximate surface area is 191 Å². The SMILES string of the molecule is C=C(OC)c1cc(F)c(N(Cc2ccc(OC)cc2)Cc2ccc(OC)cc2)cc1Br. The van der Waals surface area contributed by atoms with Crippen LogP contribution in [0, 0.1) is 5.82 Å². The van der Waals surface area contributed by atoms with Crippen molar-refractivity contribution in [3.05, 3.63) is 94.2 Å². The van der Waals surface area contributed by atoms with Crippen LogP contribution in [0.2, 0.25) is 0 Å². The standard InChI is InChI=1S/C25H25BrFNO3/c1-17(29-2)22-13-24(27)25(14-23(22)26)28(15-18-5-9-20(30-3)10-6-18)16-19-7-11-21(31-4)12-8-19/h5-14H,1,15-16H2,2-4H3. The molecule has 4 nitrogen and oxygen atoms in total. The number of benzene rings is 3. The molecule has 6 heteroatoms. The molecule has 0 spiro atoms. The van der Waals surface area contributed by atoms with Gasteiger partial charge in [0.15, 0.2) is 0 Å². The molecule has 0 amide bonds. The first kappa shape index (κ1) is 22.7. The topological polar surface area (TPSA) is 30.9 Å². The Hall–Kier alpha value is -2.99. The molecule has 3 aromatic rings. The van der Waals surface area contributed by atoms with Gasteiger partial charge in [-0.25, -0.2) is 4.39 Å². The first-order valence-electron chi connectivity index (χ1n) is 9.68. The summed E-state index contributed by atoms with van der Waals surface area (Å²) < 4.78 is 31.6. The Morgan fingerprint density at radius 2 is 1.35 bits per heavy atom. The summed E-state index contributed by atoms with van der Waals surface area (Å²) in [5.41, 5.74) is 3.13. The van der Waals surface area contributed by atoms with Gasteiger partial charge in [0.05, 0.1) is 27.0 Å². The number of hydrogen-bond acceptors (Lipinski definition) is 4. The van der Waals surface area contributed by atoms with Crippen molar-refractivity contribution in [2.75, 3.05) is 26.2 Å². The van der Waals surface area contributed by atoms with Crippen LogP contribution in [0.15, 0.2) is 71.7 Å². The van der Waals surface area contributed by atoms with Gasteiger partial charge in [-0.05, 0) is 63.5 Å². The predicted octanol–water partition coefficient (Wildman–Crippen LogP) is 6.43. The van der Waals surface area contributed by atoms with Gasteiger partial charge in [0.2, 0.25) is 0 Å². The molecule has 0 unspecified atom stereocenters.